The number of nitrogens with zero attached hydrogens (tertiary/aromatic N) is 4. The molecule has 0 spiro atoms. The zero-order chi connectivity index (χ0) is 17.2. The Bertz CT molecular complexity index is 1030. The average Bonchev–Trinajstić information content (AvgIpc) is 3.26. The topological polar surface area (TPSA) is 64.7 Å². The second-order valence-corrected chi connectivity index (χ2v) is 5.74. The van der Waals surface area contributed by atoms with Crippen LogP contribution in [0.2, 0.25) is 0 Å². The van der Waals surface area contributed by atoms with Crippen molar-refractivity contribution < 1.29 is 4.79 Å². The van der Waals surface area contributed by atoms with E-state index in [-0.39, 0.29) is 5.91 Å². The molecule has 0 aliphatic carbocycles. The van der Waals surface area contributed by atoms with Gasteiger partial charge in [0.1, 0.15) is 11.5 Å². The van der Waals surface area contributed by atoms with Crippen molar-refractivity contribution in [3.63, 3.8) is 0 Å². The van der Waals surface area contributed by atoms with Gasteiger partial charge in [0.25, 0.3) is 5.91 Å². The number of fused-ring (bicyclic) bond motifs is 1. The van der Waals surface area contributed by atoms with Crippen LogP contribution >= 0.6 is 0 Å². The Hall–Kier alpha value is -3.41. The third kappa shape index (κ3) is 2.78. The van der Waals surface area contributed by atoms with E-state index in [4.69, 9.17) is 0 Å². The molecule has 124 valence electrons. The van der Waals surface area contributed by atoms with Gasteiger partial charge in [-0.3, -0.25) is 9.36 Å². The predicted molar refractivity (Wildman–Crippen MR) is 95.4 cm³/mol. The Balaban J connectivity index is 1.55. The number of imidazole rings is 2. The highest BCUT2D eigenvalue weighted by atomic mass is 16.2. The first-order chi connectivity index (χ1) is 12.2. The Labute approximate surface area is 144 Å². The SMILES string of the molecule is Cn1c(CNC(=O)c2cncn2-c2ccccc2)nc2ccccc21. The van der Waals surface area contributed by atoms with E-state index in [0.29, 0.717) is 12.2 Å². The summed E-state index contributed by atoms with van der Waals surface area (Å²) in [6.45, 7) is 0.351. The molecule has 6 nitrogen and oxygen atoms in total. The van der Waals surface area contributed by atoms with Crippen LogP contribution in [0.3, 0.4) is 0 Å². The summed E-state index contributed by atoms with van der Waals surface area (Å²) >= 11 is 0. The first-order valence-corrected chi connectivity index (χ1v) is 8.00. The maximum Gasteiger partial charge on any atom is 0.270 e. The van der Waals surface area contributed by atoms with Gasteiger partial charge in [0, 0.05) is 12.7 Å². The summed E-state index contributed by atoms with van der Waals surface area (Å²) in [6, 6.07) is 17.6. The summed E-state index contributed by atoms with van der Waals surface area (Å²) in [5, 5.41) is 2.93. The van der Waals surface area contributed by atoms with Gasteiger partial charge in [0.15, 0.2) is 0 Å². The molecule has 0 aliphatic rings. The van der Waals surface area contributed by atoms with E-state index in [1.165, 1.54) is 0 Å². The molecule has 4 rings (SSSR count). The Morgan fingerprint density at radius 1 is 1.08 bits per heavy atom. The molecule has 2 aromatic heterocycles. The molecule has 0 unspecified atom stereocenters. The Morgan fingerprint density at radius 2 is 1.84 bits per heavy atom. The van der Waals surface area contributed by atoms with E-state index in [2.05, 4.69) is 15.3 Å². The molecule has 0 radical (unpaired) electrons. The second kappa shape index (κ2) is 6.24. The number of carbonyl (C=O) groups excluding carboxylic acids is 1. The minimum absolute atomic E-state index is 0.187. The van der Waals surface area contributed by atoms with E-state index in [1.54, 1.807) is 17.1 Å². The maximum absolute atomic E-state index is 12.6. The summed E-state index contributed by atoms with van der Waals surface area (Å²) in [4.78, 5) is 21.3. The number of carbonyl (C=O) groups is 1. The fraction of sp³-hybridized carbons (Fsp3) is 0.105. The number of aromatic nitrogens is 4. The van der Waals surface area contributed by atoms with Crippen LogP contribution in [0, 0.1) is 0 Å². The average molecular weight is 331 g/mol. The number of para-hydroxylation sites is 3. The smallest absolute Gasteiger partial charge is 0.270 e. The third-order valence-corrected chi connectivity index (χ3v) is 4.19. The summed E-state index contributed by atoms with van der Waals surface area (Å²) in [5.41, 5.74) is 3.35. The zero-order valence-electron chi connectivity index (χ0n) is 13.8. The van der Waals surface area contributed by atoms with Gasteiger partial charge in [-0.25, -0.2) is 9.97 Å². The number of hydrogen-bond acceptors (Lipinski definition) is 3. The van der Waals surface area contributed by atoms with Gasteiger partial charge in [-0.2, -0.15) is 0 Å². The Kier molecular flexibility index (Phi) is 3.78. The lowest BCUT2D eigenvalue weighted by Gasteiger charge is -2.09. The summed E-state index contributed by atoms with van der Waals surface area (Å²) < 4.78 is 3.76. The molecule has 25 heavy (non-hydrogen) atoms. The Morgan fingerprint density at radius 3 is 2.64 bits per heavy atom. The highest BCUT2D eigenvalue weighted by Crippen LogP contribution is 2.14. The van der Waals surface area contributed by atoms with Gasteiger partial charge in [0.05, 0.1) is 30.1 Å². The van der Waals surface area contributed by atoms with Crippen LogP contribution in [-0.4, -0.2) is 25.0 Å². The first kappa shape index (κ1) is 15.1. The number of nitrogens with one attached hydrogen (secondary N) is 1. The molecule has 0 saturated heterocycles. The summed E-state index contributed by atoms with van der Waals surface area (Å²) in [5.74, 6) is 0.619. The molecule has 0 bridgehead atoms. The molecule has 0 aliphatic heterocycles. The van der Waals surface area contributed by atoms with Crippen molar-refractivity contribution in [3.05, 3.63) is 78.6 Å². The fourth-order valence-electron chi connectivity index (χ4n) is 2.86. The number of aryl methyl sites for hydroxylation is 1. The predicted octanol–water partition coefficient (Wildman–Crippen LogP) is 2.69. The van der Waals surface area contributed by atoms with E-state index in [9.17, 15) is 4.79 Å². The van der Waals surface area contributed by atoms with Gasteiger partial charge >= 0.3 is 0 Å². The van der Waals surface area contributed by atoms with E-state index < -0.39 is 0 Å². The van der Waals surface area contributed by atoms with Crippen LogP contribution in [0.1, 0.15) is 16.3 Å². The van der Waals surface area contributed by atoms with E-state index in [1.807, 2.05) is 66.2 Å². The molecule has 2 heterocycles. The number of amides is 1. The minimum atomic E-state index is -0.187. The maximum atomic E-state index is 12.6. The van der Waals surface area contributed by atoms with Crippen LogP contribution in [0.15, 0.2) is 67.1 Å². The number of hydrogen-bond donors (Lipinski definition) is 1. The molecule has 1 amide bonds. The van der Waals surface area contributed by atoms with Crippen molar-refractivity contribution in [2.45, 2.75) is 6.54 Å². The van der Waals surface area contributed by atoms with Crippen molar-refractivity contribution in [1.82, 2.24) is 24.4 Å². The lowest BCUT2D eigenvalue weighted by molar-refractivity contribution is 0.0943. The van der Waals surface area contributed by atoms with Crippen LogP contribution in [0.5, 0.6) is 0 Å². The zero-order valence-corrected chi connectivity index (χ0v) is 13.8. The van der Waals surface area contributed by atoms with Gasteiger partial charge in [0.2, 0.25) is 0 Å². The summed E-state index contributed by atoms with van der Waals surface area (Å²) in [6.07, 6.45) is 3.20. The van der Waals surface area contributed by atoms with Crippen LogP contribution < -0.4 is 5.32 Å². The van der Waals surface area contributed by atoms with Crippen molar-refractivity contribution in [2.24, 2.45) is 7.05 Å². The van der Waals surface area contributed by atoms with E-state index >= 15 is 0 Å². The van der Waals surface area contributed by atoms with Crippen molar-refractivity contribution in [2.75, 3.05) is 0 Å². The van der Waals surface area contributed by atoms with Crippen molar-refractivity contribution >= 4 is 16.9 Å². The van der Waals surface area contributed by atoms with Crippen molar-refractivity contribution in [3.8, 4) is 5.69 Å². The molecule has 0 saturated carbocycles. The molecule has 1 N–H and O–H groups in total. The highest BCUT2D eigenvalue weighted by Gasteiger charge is 2.14. The molecule has 0 atom stereocenters. The fourth-order valence-corrected chi connectivity index (χ4v) is 2.86. The largest absolute Gasteiger partial charge is 0.343 e. The first-order valence-electron chi connectivity index (χ1n) is 8.00. The lowest BCUT2D eigenvalue weighted by Crippen LogP contribution is -2.26. The third-order valence-electron chi connectivity index (χ3n) is 4.19. The number of benzene rings is 2. The standard InChI is InChI=1S/C19H17N5O/c1-23-16-10-6-5-9-15(16)22-18(23)12-21-19(25)17-11-20-13-24(17)14-7-3-2-4-8-14/h2-11,13H,12H2,1H3,(H,21,25). The van der Waals surface area contributed by atoms with Crippen LogP contribution in [-0.2, 0) is 13.6 Å². The molecular formula is C19H17N5O. The molecular weight excluding hydrogens is 314 g/mol. The number of rotatable bonds is 4. The molecule has 2 aromatic carbocycles. The van der Waals surface area contributed by atoms with Gasteiger partial charge in [-0.05, 0) is 24.3 Å². The van der Waals surface area contributed by atoms with Gasteiger partial charge in [-0.15, -0.1) is 0 Å². The van der Waals surface area contributed by atoms with Crippen LogP contribution in [0.25, 0.3) is 16.7 Å². The minimum Gasteiger partial charge on any atom is -0.343 e. The summed E-state index contributed by atoms with van der Waals surface area (Å²) in [7, 11) is 1.95. The molecule has 4 aromatic rings. The quantitative estimate of drug-likeness (QED) is 0.625. The monoisotopic (exact) mass is 331 g/mol. The molecule has 0 fully saturated rings. The lowest BCUT2D eigenvalue weighted by atomic mass is 10.3. The van der Waals surface area contributed by atoms with Crippen LogP contribution in [0.4, 0.5) is 0 Å². The van der Waals surface area contributed by atoms with Gasteiger partial charge in [-0.1, -0.05) is 30.3 Å². The van der Waals surface area contributed by atoms with E-state index in [0.717, 1.165) is 22.5 Å². The van der Waals surface area contributed by atoms with Crippen molar-refractivity contribution in [1.29, 1.82) is 0 Å². The second-order valence-electron chi connectivity index (χ2n) is 5.74. The highest BCUT2D eigenvalue weighted by molar-refractivity contribution is 5.93. The van der Waals surface area contributed by atoms with Gasteiger partial charge < -0.3 is 9.88 Å². The normalized spacial score (nSPS) is 10.9. The molecule has 6 heteroatoms.